The number of aromatic carboxylic acids is 1. The maximum atomic E-state index is 11.1. The number of hydrogen-bond donors (Lipinski definition) is 1. The van der Waals surface area contributed by atoms with Crippen LogP contribution in [0, 0.1) is 0 Å². The number of hydrogen-bond acceptors (Lipinski definition) is 4. The summed E-state index contributed by atoms with van der Waals surface area (Å²) >= 11 is 0. The molecule has 0 aromatic heterocycles. The highest BCUT2D eigenvalue weighted by atomic mass is 16.4. The smallest absolute Gasteiger partial charge is 0.335 e. The van der Waals surface area contributed by atoms with Crippen molar-refractivity contribution in [3.8, 4) is 0 Å². The molecule has 0 aliphatic carbocycles. The van der Waals surface area contributed by atoms with Crippen LogP contribution in [0.3, 0.4) is 0 Å². The zero-order chi connectivity index (χ0) is 16.9. The summed E-state index contributed by atoms with van der Waals surface area (Å²) in [6.45, 7) is 7.63. The first-order valence-electron chi connectivity index (χ1n) is 9.09. The highest BCUT2D eigenvalue weighted by molar-refractivity contribution is 5.87. The van der Waals surface area contributed by atoms with Gasteiger partial charge in [0.1, 0.15) is 0 Å². The summed E-state index contributed by atoms with van der Waals surface area (Å²) < 4.78 is 0. The van der Waals surface area contributed by atoms with E-state index < -0.39 is 5.97 Å². The van der Waals surface area contributed by atoms with Crippen molar-refractivity contribution in [1.82, 2.24) is 14.7 Å². The third-order valence-electron chi connectivity index (χ3n) is 5.44. The van der Waals surface area contributed by atoms with Crippen molar-refractivity contribution in [3.63, 3.8) is 0 Å². The van der Waals surface area contributed by atoms with Gasteiger partial charge in [-0.25, -0.2) is 4.79 Å². The van der Waals surface area contributed by atoms with Crippen LogP contribution in [0.2, 0.25) is 0 Å². The monoisotopic (exact) mass is 331 g/mol. The van der Waals surface area contributed by atoms with Crippen LogP contribution in [-0.4, -0.2) is 78.1 Å². The SMILES string of the molecule is CN1CCCCC1CN1CCN(Cc2cccc(C(=O)O)c2)CC1. The molecule has 0 amide bonds. The Bertz CT molecular complexity index is 555. The molecule has 2 aliphatic heterocycles. The minimum absolute atomic E-state index is 0.381. The van der Waals surface area contributed by atoms with Crippen molar-refractivity contribution in [2.45, 2.75) is 31.8 Å². The fourth-order valence-corrected chi connectivity index (χ4v) is 3.86. The largest absolute Gasteiger partial charge is 0.478 e. The van der Waals surface area contributed by atoms with E-state index in [1.165, 1.54) is 32.4 Å². The molecule has 2 heterocycles. The second-order valence-electron chi connectivity index (χ2n) is 7.21. The van der Waals surface area contributed by atoms with Gasteiger partial charge >= 0.3 is 5.97 Å². The molecule has 1 N–H and O–H groups in total. The summed E-state index contributed by atoms with van der Waals surface area (Å²) in [5.74, 6) is -0.849. The summed E-state index contributed by atoms with van der Waals surface area (Å²) in [7, 11) is 2.26. The van der Waals surface area contributed by atoms with Crippen molar-refractivity contribution < 1.29 is 9.90 Å². The Labute approximate surface area is 144 Å². The Morgan fingerprint density at radius 2 is 1.88 bits per heavy atom. The van der Waals surface area contributed by atoms with Crippen LogP contribution in [0.1, 0.15) is 35.2 Å². The predicted molar refractivity (Wildman–Crippen MR) is 95.4 cm³/mol. The molecule has 1 aromatic carbocycles. The van der Waals surface area contributed by atoms with Crippen LogP contribution in [0.4, 0.5) is 0 Å². The highest BCUT2D eigenvalue weighted by Gasteiger charge is 2.24. The lowest BCUT2D eigenvalue weighted by Gasteiger charge is -2.40. The van der Waals surface area contributed by atoms with Crippen LogP contribution in [0.5, 0.6) is 0 Å². The number of piperidine rings is 1. The quantitative estimate of drug-likeness (QED) is 0.894. The molecular weight excluding hydrogens is 302 g/mol. The molecule has 2 fully saturated rings. The molecule has 5 nitrogen and oxygen atoms in total. The van der Waals surface area contributed by atoms with Crippen molar-refractivity contribution in [2.24, 2.45) is 0 Å². The van der Waals surface area contributed by atoms with Crippen molar-refractivity contribution in [3.05, 3.63) is 35.4 Å². The maximum Gasteiger partial charge on any atom is 0.335 e. The zero-order valence-electron chi connectivity index (χ0n) is 14.7. The molecule has 0 bridgehead atoms. The van der Waals surface area contributed by atoms with Crippen LogP contribution < -0.4 is 0 Å². The van der Waals surface area contributed by atoms with Gasteiger partial charge in [-0.3, -0.25) is 9.80 Å². The average Bonchev–Trinajstić information content (AvgIpc) is 2.59. The summed E-state index contributed by atoms with van der Waals surface area (Å²) in [5, 5.41) is 9.10. The van der Waals surface area contributed by atoms with Gasteiger partial charge in [-0.1, -0.05) is 18.6 Å². The van der Waals surface area contributed by atoms with E-state index >= 15 is 0 Å². The maximum absolute atomic E-state index is 11.1. The second-order valence-corrected chi connectivity index (χ2v) is 7.21. The van der Waals surface area contributed by atoms with E-state index in [0.717, 1.165) is 44.3 Å². The normalized spacial score (nSPS) is 24.1. The summed E-state index contributed by atoms with van der Waals surface area (Å²) in [6.07, 6.45) is 4.05. The lowest BCUT2D eigenvalue weighted by molar-refractivity contribution is 0.0696. The Morgan fingerprint density at radius 3 is 2.58 bits per heavy atom. The van der Waals surface area contributed by atoms with Gasteiger partial charge in [0, 0.05) is 45.3 Å². The first-order valence-corrected chi connectivity index (χ1v) is 9.09. The van der Waals surface area contributed by atoms with Crippen LogP contribution in [0.15, 0.2) is 24.3 Å². The van der Waals surface area contributed by atoms with Crippen LogP contribution in [-0.2, 0) is 6.54 Å². The third kappa shape index (κ3) is 4.56. The van der Waals surface area contributed by atoms with Crippen molar-refractivity contribution >= 4 is 5.97 Å². The minimum Gasteiger partial charge on any atom is -0.478 e. The molecule has 1 unspecified atom stereocenters. The van der Waals surface area contributed by atoms with Gasteiger partial charge < -0.3 is 10.0 Å². The fourth-order valence-electron chi connectivity index (χ4n) is 3.86. The Hall–Kier alpha value is -1.43. The third-order valence-corrected chi connectivity index (χ3v) is 5.44. The Morgan fingerprint density at radius 1 is 1.12 bits per heavy atom. The molecule has 1 atom stereocenters. The lowest BCUT2D eigenvalue weighted by Crippen LogP contribution is -2.51. The molecule has 5 heteroatoms. The number of rotatable bonds is 5. The van der Waals surface area contributed by atoms with Crippen molar-refractivity contribution in [1.29, 1.82) is 0 Å². The van der Waals surface area contributed by atoms with Gasteiger partial charge in [-0.2, -0.15) is 0 Å². The van der Waals surface area contributed by atoms with E-state index in [-0.39, 0.29) is 0 Å². The average molecular weight is 331 g/mol. The molecule has 2 aliphatic rings. The molecule has 0 spiro atoms. The number of nitrogens with zero attached hydrogens (tertiary/aromatic N) is 3. The van der Waals surface area contributed by atoms with E-state index in [4.69, 9.17) is 5.11 Å². The number of likely N-dealkylation sites (N-methyl/N-ethyl adjacent to an activating group) is 1. The Balaban J connectivity index is 1.46. The summed E-state index contributed by atoms with van der Waals surface area (Å²) in [4.78, 5) is 18.6. The Kier molecular flexibility index (Phi) is 5.87. The summed E-state index contributed by atoms with van der Waals surface area (Å²) in [5.41, 5.74) is 1.47. The van der Waals surface area contributed by atoms with Gasteiger partial charge in [0.15, 0.2) is 0 Å². The first kappa shape index (κ1) is 17.4. The number of benzene rings is 1. The van der Waals surface area contributed by atoms with E-state index in [1.807, 2.05) is 12.1 Å². The topological polar surface area (TPSA) is 47.0 Å². The van der Waals surface area contributed by atoms with Crippen LogP contribution in [0.25, 0.3) is 0 Å². The lowest BCUT2D eigenvalue weighted by atomic mass is 10.0. The van der Waals surface area contributed by atoms with Crippen molar-refractivity contribution in [2.75, 3.05) is 46.3 Å². The molecule has 24 heavy (non-hydrogen) atoms. The molecular formula is C19H29N3O2. The molecule has 1 aromatic rings. The van der Waals surface area contributed by atoms with E-state index in [1.54, 1.807) is 12.1 Å². The van der Waals surface area contributed by atoms with Gasteiger partial charge in [0.25, 0.3) is 0 Å². The molecule has 0 saturated carbocycles. The zero-order valence-corrected chi connectivity index (χ0v) is 14.7. The van der Waals surface area contributed by atoms with E-state index in [9.17, 15) is 4.79 Å². The highest BCUT2D eigenvalue weighted by Crippen LogP contribution is 2.17. The van der Waals surface area contributed by atoms with E-state index in [2.05, 4.69) is 21.7 Å². The molecule has 2 saturated heterocycles. The minimum atomic E-state index is -0.849. The number of carboxylic acid groups (broad SMARTS) is 1. The predicted octanol–water partition coefficient (Wildman–Crippen LogP) is 1.99. The number of carbonyl (C=O) groups is 1. The number of carboxylic acids is 1. The standard InChI is InChI=1S/C19H29N3O2/c1-20-8-3-2-7-18(20)15-22-11-9-21(10-12-22)14-16-5-4-6-17(13-16)19(23)24/h4-6,13,18H,2-3,7-12,14-15H2,1H3,(H,23,24). The number of likely N-dealkylation sites (tertiary alicyclic amines) is 1. The second kappa shape index (κ2) is 8.10. The van der Waals surface area contributed by atoms with Crippen LogP contribution >= 0.6 is 0 Å². The fraction of sp³-hybridized carbons (Fsp3) is 0.632. The summed E-state index contributed by atoms with van der Waals surface area (Å²) in [6, 6.07) is 8.04. The first-order chi connectivity index (χ1) is 11.6. The molecule has 132 valence electrons. The number of piperazine rings is 1. The van der Waals surface area contributed by atoms with Gasteiger partial charge in [-0.15, -0.1) is 0 Å². The van der Waals surface area contributed by atoms with Gasteiger partial charge in [0.2, 0.25) is 0 Å². The van der Waals surface area contributed by atoms with Gasteiger partial charge in [0.05, 0.1) is 5.56 Å². The van der Waals surface area contributed by atoms with E-state index in [0.29, 0.717) is 5.56 Å². The molecule has 3 rings (SSSR count). The van der Waals surface area contributed by atoms with Gasteiger partial charge in [-0.05, 0) is 44.1 Å². The molecule has 0 radical (unpaired) electrons.